The van der Waals surface area contributed by atoms with Gasteiger partial charge in [0.05, 0.1) is 13.7 Å². The Morgan fingerprint density at radius 1 is 1.37 bits per heavy atom. The zero-order valence-corrected chi connectivity index (χ0v) is 12.7. The van der Waals surface area contributed by atoms with Crippen LogP contribution in [0.15, 0.2) is 0 Å². The zero-order valence-electron chi connectivity index (χ0n) is 12.7. The van der Waals surface area contributed by atoms with Crippen molar-refractivity contribution in [2.75, 3.05) is 41.0 Å². The van der Waals surface area contributed by atoms with Crippen molar-refractivity contribution in [3.63, 3.8) is 0 Å². The molecule has 0 bridgehead atoms. The molecule has 0 saturated heterocycles. The first kappa shape index (κ1) is 16.4. The number of likely N-dealkylation sites (N-methyl/N-ethyl adjacent to an activating group) is 1. The van der Waals surface area contributed by atoms with Crippen LogP contribution in [0.25, 0.3) is 0 Å². The van der Waals surface area contributed by atoms with Crippen LogP contribution in [0.2, 0.25) is 0 Å². The highest BCUT2D eigenvalue weighted by Crippen LogP contribution is 2.27. The lowest BCUT2D eigenvalue weighted by molar-refractivity contribution is -0.148. The summed E-state index contributed by atoms with van der Waals surface area (Å²) in [4.78, 5) is 14.2. The quantitative estimate of drug-likeness (QED) is 0.602. The smallest absolute Gasteiger partial charge is 0.325 e. The van der Waals surface area contributed by atoms with E-state index in [2.05, 4.69) is 10.2 Å². The van der Waals surface area contributed by atoms with Crippen molar-refractivity contribution in [2.24, 2.45) is 0 Å². The van der Waals surface area contributed by atoms with Crippen molar-refractivity contribution in [2.45, 2.75) is 44.2 Å². The van der Waals surface area contributed by atoms with E-state index in [0.29, 0.717) is 0 Å². The molecule has 112 valence electrons. The summed E-state index contributed by atoms with van der Waals surface area (Å²) in [7, 11) is 4.98. The summed E-state index contributed by atoms with van der Waals surface area (Å²) in [5, 5.41) is 3.07. The Bertz CT molecular complexity index is 282. The minimum atomic E-state index is -0.578. The van der Waals surface area contributed by atoms with Gasteiger partial charge in [-0.3, -0.25) is 9.69 Å². The van der Waals surface area contributed by atoms with Gasteiger partial charge >= 0.3 is 5.97 Å². The number of methoxy groups -OCH3 is 2. The van der Waals surface area contributed by atoms with Gasteiger partial charge in [-0.15, -0.1) is 0 Å². The third-order valence-corrected chi connectivity index (χ3v) is 3.96. The van der Waals surface area contributed by atoms with Crippen LogP contribution in [0, 0.1) is 0 Å². The van der Waals surface area contributed by atoms with Crippen LogP contribution in [-0.4, -0.2) is 63.4 Å². The summed E-state index contributed by atoms with van der Waals surface area (Å²) in [5.41, 5.74) is -0.578. The molecule has 0 spiro atoms. The lowest BCUT2D eigenvalue weighted by Crippen LogP contribution is -2.48. The summed E-state index contributed by atoms with van der Waals surface area (Å²) in [6, 6.07) is 0.731. The largest absolute Gasteiger partial charge is 0.468 e. The molecule has 5 nitrogen and oxygen atoms in total. The average molecular weight is 272 g/mol. The van der Waals surface area contributed by atoms with Crippen molar-refractivity contribution in [3.8, 4) is 0 Å². The highest BCUT2D eigenvalue weighted by Gasteiger charge is 2.33. The van der Waals surface area contributed by atoms with Crippen LogP contribution in [0.4, 0.5) is 0 Å². The molecule has 1 saturated carbocycles. The predicted molar refractivity (Wildman–Crippen MR) is 75.2 cm³/mol. The van der Waals surface area contributed by atoms with Gasteiger partial charge in [0.2, 0.25) is 0 Å². The van der Waals surface area contributed by atoms with Crippen LogP contribution in [0.3, 0.4) is 0 Å². The van der Waals surface area contributed by atoms with E-state index in [1.165, 1.54) is 20.0 Å². The summed E-state index contributed by atoms with van der Waals surface area (Å²) in [6.45, 7) is 4.67. The Hall–Kier alpha value is -0.650. The summed E-state index contributed by atoms with van der Waals surface area (Å²) in [5.74, 6) is -0.190. The van der Waals surface area contributed by atoms with Gasteiger partial charge < -0.3 is 14.8 Å². The maximum atomic E-state index is 11.7. The summed E-state index contributed by atoms with van der Waals surface area (Å²) in [6.07, 6.45) is 4.35. The van der Waals surface area contributed by atoms with Gasteiger partial charge in [-0.2, -0.15) is 0 Å². The molecule has 1 atom stereocenters. The van der Waals surface area contributed by atoms with Crippen molar-refractivity contribution < 1.29 is 14.3 Å². The number of ether oxygens (including phenoxy) is 2. The molecule has 0 radical (unpaired) electrons. The van der Waals surface area contributed by atoms with E-state index in [1.807, 2.05) is 6.92 Å². The molecule has 19 heavy (non-hydrogen) atoms. The predicted octanol–water partition coefficient (Wildman–Crippen LogP) is 1.03. The van der Waals surface area contributed by atoms with E-state index in [9.17, 15) is 4.79 Å². The third-order valence-electron chi connectivity index (χ3n) is 3.96. The molecule has 1 rings (SSSR count). The first-order chi connectivity index (χ1) is 9.07. The minimum absolute atomic E-state index is 0.190. The maximum Gasteiger partial charge on any atom is 0.325 e. The van der Waals surface area contributed by atoms with Crippen LogP contribution in [0.5, 0.6) is 0 Å². The molecular weight excluding hydrogens is 244 g/mol. The van der Waals surface area contributed by atoms with E-state index >= 15 is 0 Å². The maximum absolute atomic E-state index is 11.7. The van der Waals surface area contributed by atoms with E-state index in [1.54, 1.807) is 14.2 Å². The van der Waals surface area contributed by atoms with Gasteiger partial charge in [0.15, 0.2) is 0 Å². The number of nitrogens with zero attached hydrogens (tertiary/aromatic N) is 1. The zero-order chi connectivity index (χ0) is 14.3. The fourth-order valence-electron chi connectivity index (χ4n) is 2.32. The molecule has 1 aliphatic carbocycles. The van der Waals surface area contributed by atoms with Crippen molar-refractivity contribution in [3.05, 3.63) is 0 Å². The normalized spacial score (nSPS) is 18.4. The molecular formula is C14H28N2O3. The first-order valence-electron chi connectivity index (χ1n) is 7.07. The molecule has 1 unspecified atom stereocenters. The molecule has 0 aromatic rings. The van der Waals surface area contributed by atoms with Crippen LogP contribution >= 0.6 is 0 Å². The van der Waals surface area contributed by atoms with Crippen molar-refractivity contribution in [1.29, 1.82) is 0 Å². The highest BCUT2D eigenvalue weighted by atomic mass is 16.5. The summed E-state index contributed by atoms with van der Waals surface area (Å²) < 4.78 is 10.00. The number of nitrogens with one attached hydrogen (secondary N) is 1. The highest BCUT2D eigenvalue weighted by molar-refractivity contribution is 5.80. The van der Waals surface area contributed by atoms with Gasteiger partial charge in [-0.05, 0) is 46.2 Å². The Morgan fingerprint density at radius 3 is 2.53 bits per heavy atom. The lowest BCUT2D eigenvalue weighted by Gasteiger charge is -2.28. The summed E-state index contributed by atoms with van der Waals surface area (Å²) >= 11 is 0. The van der Waals surface area contributed by atoms with E-state index in [0.717, 1.165) is 38.6 Å². The van der Waals surface area contributed by atoms with E-state index in [4.69, 9.17) is 9.47 Å². The second-order valence-electron chi connectivity index (χ2n) is 5.44. The lowest BCUT2D eigenvalue weighted by atomic mass is 9.96. The average Bonchev–Trinajstić information content (AvgIpc) is 3.25. The van der Waals surface area contributed by atoms with Crippen molar-refractivity contribution in [1.82, 2.24) is 10.2 Å². The fraction of sp³-hybridized carbons (Fsp3) is 0.929. The number of hydrogen-bond donors (Lipinski definition) is 1. The molecule has 5 heteroatoms. The van der Waals surface area contributed by atoms with Gasteiger partial charge in [-0.25, -0.2) is 0 Å². The first-order valence-corrected chi connectivity index (χ1v) is 7.07. The van der Waals surface area contributed by atoms with Crippen molar-refractivity contribution >= 4 is 5.97 Å². The number of carbonyl (C=O) groups excluding carboxylic acids is 1. The van der Waals surface area contributed by atoms with Crippen LogP contribution < -0.4 is 5.32 Å². The molecule has 1 N–H and O–H groups in total. The topological polar surface area (TPSA) is 50.8 Å². The molecule has 0 aromatic heterocycles. The molecule has 1 aliphatic rings. The number of hydrogen-bond acceptors (Lipinski definition) is 5. The second kappa shape index (κ2) is 7.82. The SMILES string of the molecule is CNC(C)(CCCN(CCOC)C1CC1)C(=O)OC. The van der Waals surface area contributed by atoms with Crippen LogP contribution in [-0.2, 0) is 14.3 Å². The Morgan fingerprint density at radius 2 is 2.05 bits per heavy atom. The number of carbonyl (C=O) groups is 1. The molecule has 1 fully saturated rings. The van der Waals surface area contributed by atoms with Gasteiger partial charge in [0, 0.05) is 19.7 Å². The second-order valence-corrected chi connectivity index (χ2v) is 5.44. The molecule has 0 amide bonds. The van der Waals surface area contributed by atoms with Gasteiger partial charge in [0.1, 0.15) is 5.54 Å². The van der Waals surface area contributed by atoms with E-state index in [-0.39, 0.29) is 5.97 Å². The van der Waals surface area contributed by atoms with Gasteiger partial charge in [-0.1, -0.05) is 0 Å². The third kappa shape index (κ3) is 5.09. The van der Waals surface area contributed by atoms with Crippen LogP contribution in [0.1, 0.15) is 32.6 Å². The van der Waals surface area contributed by atoms with E-state index < -0.39 is 5.54 Å². The Labute approximate surface area is 116 Å². The molecule has 0 aliphatic heterocycles. The fourth-order valence-corrected chi connectivity index (χ4v) is 2.32. The monoisotopic (exact) mass is 272 g/mol. The minimum Gasteiger partial charge on any atom is -0.468 e. The van der Waals surface area contributed by atoms with Gasteiger partial charge in [0.25, 0.3) is 0 Å². The number of esters is 1. The Kier molecular flexibility index (Phi) is 6.75. The number of rotatable bonds is 10. The Balaban J connectivity index is 2.35. The molecule has 0 aromatic carbocycles. The standard InChI is InChI=1S/C14H28N2O3/c1-14(15-2,13(17)19-4)8-5-9-16(10-11-18-3)12-6-7-12/h12,15H,5-11H2,1-4H3. The molecule has 0 heterocycles.